The zero-order valence-electron chi connectivity index (χ0n) is 12.0. The van der Waals surface area contributed by atoms with E-state index in [4.69, 9.17) is 0 Å². The first-order valence-electron chi connectivity index (χ1n) is 7.13. The molecule has 3 rings (SSSR count). The van der Waals surface area contributed by atoms with Crippen LogP contribution in [0.1, 0.15) is 28.5 Å². The van der Waals surface area contributed by atoms with E-state index in [0.29, 0.717) is 25.3 Å². The van der Waals surface area contributed by atoms with E-state index in [1.165, 1.54) is 27.9 Å². The second-order valence-corrected chi connectivity index (χ2v) is 5.12. The van der Waals surface area contributed by atoms with Gasteiger partial charge in [0.15, 0.2) is 0 Å². The molecule has 0 spiro atoms. The van der Waals surface area contributed by atoms with Crippen LogP contribution in [0.25, 0.3) is 0 Å². The molecule has 2 heterocycles. The van der Waals surface area contributed by atoms with Crippen molar-refractivity contribution in [3.8, 4) is 0 Å². The van der Waals surface area contributed by atoms with E-state index in [1.54, 1.807) is 4.90 Å². The van der Waals surface area contributed by atoms with E-state index >= 15 is 0 Å². The normalized spacial score (nSPS) is 13.9. The predicted molar refractivity (Wildman–Crippen MR) is 79.1 cm³/mol. The molecule has 0 aliphatic carbocycles. The summed E-state index contributed by atoms with van der Waals surface area (Å²) in [6, 6.07) is 11.1. The van der Waals surface area contributed by atoms with Crippen LogP contribution in [-0.4, -0.2) is 27.1 Å². The number of hydrogen-bond donors (Lipinski definition) is 0. The van der Waals surface area contributed by atoms with Crippen LogP contribution in [0, 0.1) is 0 Å². The number of fused-ring (bicyclic) bond motifs is 1. The molecule has 108 valence electrons. The fraction of sp³-hybridized carbons (Fsp3) is 0.312. The monoisotopic (exact) mass is 283 g/mol. The fourth-order valence-corrected chi connectivity index (χ4v) is 2.62. The first-order valence-corrected chi connectivity index (χ1v) is 7.13. The highest BCUT2D eigenvalue weighted by atomic mass is 16.2. The average molecular weight is 283 g/mol. The van der Waals surface area contributed by atoms with Gasteiger partial charge in [-0.25, -0.2) is 4.68 Å². The van der Waals surface area contributed by atoms with E-state index in [2.05, 4.69) is 17.2 Å². The number of nitrogens with zero attached hydrogens (tertiary/aromatic N) is 3. The van der Waals surface area contributed by atoms with Gasteiger partial charge >= 0.3 is 0 Å². The molecule has 21 heavy (non-hydrogen) atoms. The van der Waals surface area contributed by atoms with Crippen LogP contribution in [-0.2, 0) is 19.5 Å². The number of carbonyl (C=O) groups is 1. The summed E-state index contributed by atoms with van der Waals surface area (Å²) < 4.78 is 1.31. The maximum absolute atomic E-state index is 12.5. The number of aryl methyl sites for hydroxylation is 1. The molecule has 2 aromatic rings. The van der Waals surface area contributed by atoms with Crippen molar-refractivity contribution < 1.29 is 4.79 Å². The van der Waals surface area contributed by atoms with Crippen LogP contribution < -0.4 is 5.56 Å². The number of amides is 1. The van der Waals surface area contributed by atoms with Crippen LogP contribution in [0.4, 0.5) is 0 Å². The smallest absolute Gasteiger partial charge is 0.274 e. The van der Waals surface area contributed by atoms with Crippen LogP contribution in [0.5, 0.6) is 0 Å². The van der Waals surface area contributed by atoms with E-state index in [0.717, 1.165) is 6.42 Å². The molecule has 0 fully saturated rings. The topological polar surface area (TPSA) is 55.2 Å². The van der Waals surface area contributed by atoms with Crippen LogP contribution in [0.2, 0.25) is 0 Å². The summed E-state index contributed by atoms with van der Waals surface area (Å²) in [5, 5.41) is 4.13. The quantitative estimate of drug-likeness (QED) is 0.838. The number of aromatic nitrogens is 2. The van der Waals surface area contributed by atoms with E-state index in [-0.39, 0.29) is 11.5 Å². The molecule has 1 aromatic carbocycles. The van der Waals surface area contributed by atoms with Crippen molar-refractivity contribution in [1.29, 1.82) is 0 Å². The molecular weight excluding hydrogens is 266 g/mol. The van der Waals surface area contributed by atoms with Gasteiger partial charge in [0.1, 0.15) is 5.69 Å². The van der Waals surface area contributed by atoms with Gasteiger partial charge in [0.2, 0.25) is 0 Å². The second kappa shape index (κ2) is 5.52. The standard InChI is InChI=1S/C16H17N3O2/c1-2-19-15(20)8-7-14(17-19)16(21)18-10-9-12-5-3-4-6-13(12)11-18/h3-8H,2,9-11H2,1H3. The lowest BCUT2D eigenvalue weighted by molar-refractivity contribution is 0.0726. The summed E-state index contributed by atoms with van der Waals surface area (Å²) in [6.45, 7) is 3.58. The molecule has 5 heteroatoms. The molecule has 5 nitrogen and oxygen atoms in total. The minimum absolute atomic E-state index is 0.119. The molecule has 0 atom stereocenters. The predicted octanol–water partition coefficient (Wildman–Crippen LogP) is 1.46. The Morgan fingerprint density at radius 2 is 1.95 bits per heavy atom. The lowest BCUT2D eigenvalue weighted by Gasteiger charge is -2.28. The van der Waals surface area contributed by atoms with Crippen molar-refractivity contribution in [2.24, 2.45) is 0 Å². The van der Waals surface area contributed by atoms with Crippen molar-refractivity contribution in [1.82, 2.24) is 14.7 Å². The van der Waals surface area contributed by atoms with Gasteiger partial charge in [-0.2, -0.15) is 5.10 Å². The third-order valence-electron chi connectivity index (χ3n) is 3.80. The van der Waals surface area contributed by atoms with Gasteiger partial charge in [0, 0.05) is 25.7 Å². The zero-order valence-corrected chi connectivity index (χ0v) is 12.0. The van der Waals surface area contributed by atoms with Crippen LogP contribution >= 0.6 is 0 Å². The minimum atomic E-state index is -0.182. The molecule has 0 saturated heterocycles. The fourth-order valence-electron chi connectivity index (χ4n) is 2.62. The van der Waals surface area contributed by atoms with Crippen molar-refractivity contribution in [3.63, 3.8) is 0 Å². The van der Waals surface area contributed by atoms with E-state index in [1.807, 2.05) is 19.1 Å². The largest absolute Gasteiger partial charge is 0.333 e. The summed E-state index contributed by atoms with van der Waals surface area (Å²) in [5.74, 6) is -0.119. The lowest BCUT2D eigenvalue weighted by Crippen LogP contribution is -2.37. The Bertz CT molecular complexity index is 736. The zero-order chi connectivity index (χ0) is 14.8. The molecule has 0 bridgehead atoms. The van der Waals surface area contributed by atoms with Crippen molar-refractivity contribution in [3.05, 3.63) is 63.6 Å². The molecule has 1 aromatic heterocycles. The van der Waals surface area contributed by atoms with E-state index < -0.39 is 0 Å². The number of carbonyl (C=O) groups excluding carboxylic acids is 1. The van der Waals surface area contributed by atoms with Crippen molar-refractivity contribution in [2.75, 3.05) is 6.54 Å². The maximum Gasteiger partial charge on any atom is 0.274 e. The molecule has 1 amide bonds. The summed E-state index contributed by atoms with van der Waals surface area (Å²) >= 11 is 0. The van der Waals surface area contributed by atoms with Gasteiger partial charge in [-0.3, -0.25) is 9.59 Å². The van der Waals surface area contributed by atoms with Gasteiger partial charge < -0.3 is 4.90 Å². The Hall–Kier alpha value is -2.43. The molecule has 1 aliphatic heterocycles. The second-order valence-electron chi connectivity index (χ2n) is 5.12. The highest BCUT2D eigenvalue weighted by Gasteiger charge is 2.22. The number of hydrogen-bond acceptors (Lipinski definition) is 3. The minimum Gasteiger partial charge on any atom is -0.333 e. The molecule has 0 unspecified atom stereocenters. The Morgan fingerprint density at radius 1 is 1.19 bits per heavy atom. The third kappa shape index (κ3) is 2.59. The Balaban J connectivity index is 1.85. The van der Waals surface area contributed by atoms with Gasteiger partial charge in [-0.15, -0.1) is 0 Å². The summed E-state index contributed by atoms with van der Waals surface area (Å²) in [4.78, 5) is 25.9. The van der Waals surface area contributed by atoms with Crippen LogP contribution in [0.15, 0.2) is 41.2 Å². The first-order chi connectivity index (χ1) is 10.2. The number of benzene rings is 1. The van der Waals surface area contributed by atoms with Gasteiger partial charge in [0.05, 0.1) is 0 Å². The highest BCUT2D eigenvalue weighted by molar-refractivity contribution is 5.92. The molecule has 0 N–H and O–H groups in total. The molecule has 0 radical (unpaired) electrons. The van der Waals surface area contributed by atoms with Gasteiger partial charge in [-0.05, 0) is 30.5 Å². The number of rotatable bonds is 2. The summed E-state index contributed by atoms with van der Waals surface area (Å²) in [5.41, 5.74) is 2.63. The SMILES string of the molecule is CCn1nc(C(=O)N2CCc3ccccc3C2)ccc1=O. The Kier molecular flexibility index (Phi) is 3.56. The first kappa shape index (κ1) is 13.5. The lowest BCUT2D eigenvalue weighted by atomic mass is 10.00. The highest BCUT2D eigenvalue weighted by Crippen LogP contribution is 2.19. The molecular formula is C16H17N3O2. The van der Waals surface area contributed by atoms with Crippen molar-refractivity contribution >= 4 is 5.91 Å². The Morgan fingerprint density at radius 3 is 2.71 bits per heavy atom. The summed E-state index contributed by atoms with van der Waals surface area (Å²) in [7, 11) is 0. The molecule has 1 aliphatic rings. The maximum atomic E-state index is 12.5. The Labute approximate surface area is 122 Å². The molecule has 0 saturated carbocycles. The van der Waals surface area contributed by atoms with E-state index in [9.17, 15) is 9.59 Å². The summed E-state index contributed by atoms with van der Waals surface area (Å²) in [6.07, 6.45) is 0.856. The van der Waals surface area contributed by atoms with Crippen LogP contribution in [0.3, 0.4) is 0 Å². The van der Waals surface area contributed by atoms with Gasteiger partial charge in [-0.1, -0.05) is 24.3 Å². The average Bonchev–Trinajstić information content (AvgIpc) is 2.54. The van der Waals surface area contributed by atoms with Crippen molar-refractivity contribution in [2.45, 2.75) is 26.4 Å². The van der Waals surface area contributed by atoms with Gasteiger partial charge in [0.25, 0.3) is 11.5 Å². The third-order valence-corrected chi connectivity index (χ3v) is 3.80.